The van der Waals surface area contributed by atoms with Crippen molar-refractivity contribution in [2.75, 3.05) is 0 Å². The summed E-state index contributed by atoms with van der Waals surface area (Å²) in [6.45, 7) is 0. The molecule has 1 aliphatic heterocycles. The summed E-state index contributed by atoms with van der Waals surface area (Å²) in [4.78, 5) is 12.7. The van der Waals surface area contributed by atoms with Gasteiger partial charge < -0.3 is 5.32 Å². The van der Waals surface area contributed by atoms with E-state index in [1.165, 1.54) is 5.56 Å². The number of carbonyl (C=O) groups excluding carboxylic acids is 1. The van der Waals surface area contributed by atoms with Crippen molar-refractivity contribution in [2.45, 2.75) is 25.3 Å². The molecule has 30 heavy (non-hydrogen) atoms. The van der Waals surface area contributed by atoms with Crippen LogP contribution in [0.5, 0.6) is 0 Å². The molecule has 0 aliphatic carbocycles. The SMILES string of the molecule is O=C1NC(c2n[nH]c(CCc3ccccc3)c2-c2ccccc2)Cc2ccccc21. The lowest BCUT2D eigenvalue weighted by molar-refractivity contribution is 0.0924. The molecule has 2 heterocycles. The van der Waals surface area contributed by atoms with Crippen molar-refractivity contribution in [2.24, 2.45) is 0 Å². The van der Waals surface area contributed by atoms with Gasteiger partial charge in [-0.05, 0) is 42.0 Å². The molecule has 1 atom stereocenters. The van der Waals surface area contributed by atoms with Crippen LogP contribution in [-0.4, -0.2) is 16.1 Å². The Labute approximate surface area is 176 Å². The monoisotopic (exact) mass is 393 g/mol. The largest absolute Gasteiger partial charge is 0.343 e. The first kappa shape index (κ1) is 18.4. The third-order valence-electron chi connectivity index (χ3n) is 5.76. The molecule has 1 aliphatic rings. The van der Waals surface area contributed by atoms with Crippen LogP contribution in [0.1, 0.15) is 38.9 Å². The highest BCUT2D eigenvalue weighted by molar-refractivity contribution is 5.97. The molecular weight excluding hydrogens is 370 g/mol. The molecule has 0 saturated heterocycles. The summed E-state index contributed by atoms with van der Waals surface area (Å²) in [5.41, 5.74) is 7.37. The maximum absolute atomic E-state index is 12.7. The summed E-state index contributed by atoms with van der Waals surface area (Å²) >= 11 is 0. The lowest BCUT2D eigenvalue weighted by atomic mass is 9.90. The molecule has 2 N–H and O–H groups in total. The van der Waals surface area contributed by atoms with Gasteiger partial charge in [0, 0.05) is 16.8 Å². The number of hydrogen-bond donors (Lipinski definition) is 2. The Morgan fingerprint density at radius 2 is 1.53 bits per heavy atom. The molecule has 4 nitrogen and oxygen atoms in total. The Bertz CT molecular complexity index is 1170. The number of nitrogens with one attached hydrogen (secondary N) is 2. The van der Waals surface area contributed by atoms with E-state index in [2.05, 4.69) is 46.8 Å². The number of nitrogens with zero attached hydrogens (tertiary/aromatic N) is 1. The third-order valence-corrected chi connectivity index (χ3v) is 5.76. The topological polar surface area (TPSA) is 57.8 Å². The number of hydrogen-bond acceptors (Lipinski definition) is 2. The third kappa shape index (κ3) is 3.52. The quantitative estimate of drug-likeness (QED) is 0.507. The van der Waals surface area contributed by atoms with Crippen LogP contribution < -0.4 is 5.32 Å². The normalized spacial score (nSPS) is 15.5. The molecule has 0 saturated carbocycles. The van der Waals surface area contributed by atoms with Crippen LogP contribution in [-0.2, 0) is 19.3 Å². The lowest BCUT2D eigenvalue weighted by Crippen LogP contribution is -2.35. The highest BCUT2D eigenvalue weighted by Gasteiger charge is 2.29. The van der Waals surface area contributed by atoms with Crippen LogP contribution in [0.3, 0.4) is 0 Å². The zero-order valence-corrected chi connectivity index (χ0v) is 16.6. The summed E-state index contributed by atoms with van der Waals surface area (Å²) in [5.74, 6) is -0.0327. The van der Waals surface area contributed by atoms with Crippen LogP contribution >= 0.6 is 0 Å². The molecule has 4 aromatic rings. The molecule has 1 unspecified atom stereocenters. The molecule has 3 aromatic carbocycles. The number of amides is 1. The highest BCUT2D eigenvalue weighted by atomic mass is 16.1. The number of aryl methyl sites for hydroxylation is 2. The van der Waals surface area contributed by atoms with E-state index in [4.69, 9.17) is 5.10 Å². The predicted molar refractivity (Wildman–Crippen MR) is 118 cm³/mol. The minimum atomic E-state index is -0.149. The van der Waals surface area contributed by atoms with Crippen LogP contribution in [0.15, 0.2) is 84.9 Å². The van der Waals surface area contributed by atoms with Gasteiger partial charge in [-0.2, -0.15) is 5.10 Å². The summed E-state index contributed by atoms with van der Waals surface area (Å²) in [6, 6.07) is 28.5. The zero-order chi connectivity index (χ0) is 20.3. The van der Waals surface area contributed by atoms with Gasteiger partial charge in [0.1, 0.15) is 0 Å². The van der Waals surface area contributed by atoms with Gasteiger partial charge in [0.05, 0.1) is 11.7 Å². The number of carbonyl (C=O) groups is 1. The van der Waals surface area contributed by atoms with E-state index >= 15 is 0 Å². The Morgan fingerprint density at radius 1 is 0.833 bits per heavy atom. The lowest BCUT2D eigenvalue weighted by Gasteiger charge is -2.25. The molecule has 0 bridgehead atoms. The van der Waals surface area contributed by atoms with Gasteiger partial charge in [-0.3, -0.25) is 9.89 Å². The number of H-pyrrole nitrogens is 1. The first-order valence-electron chi connectivity index (χ1n) is 10.3. The maximum Gasteiger partial charge on any atom is 0.252 e. The van der Waals surface area contributed by atoms with E-state index in [1.807, 2.05) is 48.5 Å². The van der Waals surface area contributed by atoms with Crippen molar-refractivity contribution in [3.05, 3.63) is 113 Å². The molecule has 1 aromatic heterocycles. The average molecular weight is 393 g/mol. The second kappa shape index (κ2) is 7.99. The molecular formula is C26H23N3O. The molecule has 148 valence electrons. The minimum Gasteiger partial charge on any atom is -0.343 e. The van der Waals surface area contributed by atoms with E-state index in [0.717, 1.165) is 52.9 Å². The van der Waals surface area contributed by atoms with Gasteiger partial charge in [-0.25, -0.2) is 0 Å². The van der Waals surface area contributed by atoms with Gasteiger partial charge in [-0.1, -0.05) is 78.9 Å². The molecule has 4 heteroatoms. The smallest absolute Gasteiger partial charge is 0.252 e. The minimum absolute atomic E-state index is 0.0327. The van der Waals surface area contributed by atoms with E-state index < -0.39 is 0 Å². The van der Waals surface area contributed by atoms with Gasteiger partial charge in [-0.15, -0.1) is 0 Å². The summed E-state index contributed by atoms with van der Waals surface area (Å²) < 4.78 is 0. The maximum atomic E-state index is 12.7. The second-order valence-electron chi connectivity index (χ2n) is 7.70. The van der Waals surface area contributed by atoms with E-state index in [9.17, 15) is 4.79 Å². The van der Waals surface area contributed by atoms with Crippen molar-refractivity contribution in [1.29, 1.82) is 0 Å². The molecule has 0 fully saturated rings. The number of benzene rings is 3. The second-order valence-corrected chi connectivity index (χ2v) is 7.70. The Balaban J connectivity index is 1.51. The first-order chi connectivity index (χ1) is 14.8. The van der Waals surface area contributed by atoms with Crippen LogP contribution in [0.25, 0.3) is 11.1 Å². The van der Waals surface area contributed by atoms with Gasteiger partial charge in [0.25, 0.3) is 5.91 Å². The van der Waals surface area contributed by atoms with Crippen LogP contribution in [0.2, 0.25) is 0 Å². The van der Waals surface area contributed by atoms with E-state index in [0.29, 0.717) is 0 Å². The fraction of sp³-hybridized carbons (Fsp3) is 0.154. The van der Waals surface area contributed by atoms with Crippen molar-refractivity contribution >= 4 is 5.91 Å². The van der Waals surface area contributed by atoms with E-state index in [-0.39, 0.29) is 11.9 Å². The average Bonchev–Trinajstić information content (AvgIpc) is 3.23. The predicted octanol–water partition coefficient (Wildman–Crippen LogP) is 4.89. The Hall–Kier alpha value is -3.66. The molecule has 5 rings (SSSR count). The van der Waals surface area contributed by atoms with Crippen molar-refractivity contribution in [3.63, 3.8) is 0 Å². The zero-order valence-electron chi connectivity index (χ0n) is 16.6. The fourth-order valence-electron chi connectivity index (χ4n) is 4.26. The van der Waals surface area contributed by atoms with Crippen LogP contribution in [0, 0.1) is 0 Å². The first-order valence-corrected chi connectivity index (χ1v) is 10.3. The summed E-state index contributed by atoms with van der Waals surface area (Å²) in [5, 5.41) is 11.1. The fourth-order valence-corrected chi connectivity index (χ4v) is 4.26. The van der Waals surface area contributed by atoms with Crippen molar-refractivity contribution in [1.82, 2.24) is 15.5 Å². The van der Waals surface area contributed by atoms with Gasteiger partial charge in [0.15, 0.2) is 0 Å². The molecule has 0 spiro atoms. The van der Waals surface area contributed by atoms with Gasteiger partial charge >= 0.3 is 0 Å². The summed E-state index contributed by atoms with van der Waals surface area (Å²) in [6.07, 6.45) is 2.53. The van der Waals surface area contributed by atoms with E-state index in [1.54, 1.807) is 0 Å². The Morgan fingerprint density at radius 3 is 2.33 bits per heavy atom. The number of aromatic nitrogens is 2. The number of fused-ring (bicyclic) bond motifs is 1. The van der Waals surface area contributed by atoms with Gasteiger partial charge in [0.2, 0.25) is 0 Å². The summed E-state index contributed by atoms with van der Waals surface area (Å²) in [7, 11) is 0. The van der Waals surface area contributed by atoms with Crippen LogP contribution in [0.4, 0.5) is 0 Å². The Kier molecular flexibility index (Phi) is 4.89. The standard InChI is InChI=1S/C26H23N3O/c30-26-21-14-8-7-13-20(21)17-23(27-26)25-24(19-11-5-2-6-12-19)22(28-29-25)16-15-18-9-3-1-4-10-18/h1-14,23H,15-17H2,(H,27,30)(H,28,29). The number of rotatable bonds is 5. The number of aromatic amines is 1. The van der Waals surface area contributed by atoms with Crippen molar-refractivity contribution in [3.8, 4) is 11.1 Å². The van der Waals surface area contributed by atoms with Crippen molar-refractivity contribution < 1.29 is 4.79 Å². The molecule has 0 radical (unpaired) electrons. The molecule has 1 amide bonds. The highest BCUT2D eigenvalue weighted by Crippen LogP contribution is 2.34.